The maximum absolute atomic E-state index is 10.4. The van der Waals surface area contributed by atoms with Gasteiger partial charge >= 0.3 is 0 Å². The molecule has 0 unspecified atom stereocenters. The number of hydrogen-bond acceptors (Lipinski definition) is 3. The molecule has 3 N–H and O–H groups in total. The van der Waals surface area contributed by atoms with Gasteiger partial charge in [0.2, 0.25) is 11.9 Å². The maximum Gasteiger partial charge on any atom is 0.219 e. The van der Waals surface area contributed by atoms with Crippen molar-refractivity contribution in [3.05, 3.63) is 12.4 Å². The second kappa shape index (κ2) is 3.75. The molecule has 0 aliphatic carbocycles. The Morgan fingerprint density at radius 2 is 2.58 bits per heavy atom. The third-order valence-electron chi connectivity index (χ3n) is 1.48. The van der Waals surface area contributed by atoms with Gasteiger partial charge in [-0.2, -0.15) is 0 Å². The molecule has 0 atom stereocenters. The van der Waals surface area contributed by atoms with Gasteiger partial charge < -0.3 is 15.6 Å². The molecule has 1 heterocycles. The van der Waals surface area contributed by atoms with Crippen molar-refractivity contribution >= 4 is 11.9 Å². The monoisotopic (exact) mass is 168 g/mol. The topological polar surface area (TPSA) is 72.9 Å². The van der Waals surface area contributed by atoms with Crippen LogP contribution >= 0.6 is 0 Å². The number of aromatic nitrogens is 2. The predicted molar refractivity (Wildman–Crippen MR) is 45.5 cm³/mol. The van der Waals surface area contributed by atoms with Gasteiger partial charge in [0, 0.05) is 32.4 Å². The van der Waals surface area contributed by atoms with Crippen LogP contribution in [-0.4, -0.2) is 22.0 Å². The lowest BCUT2D eigenvalue weighted by Gasteiger charge is -2.03. The molecule has 0 aliphatic rings. The highest BCUT2D eigenvalue weighted by atomic mass is 16.1. The van der Waals surface area contributed by atoms with Crippen molar-refractivity contribution in [3.63, 3.8) is 0 Å². The van der Waals surface area contributed by atoms with Gasteiger partial charge in [-0.1, -0.05) is 0 Å². The Bertz CT molecular complexity index is 268. The summed E-state index contributed by atoms with van der Waals surface area (Å²) in [6.07, 6.45) is 3.84. The highest BCUT2D eigenvalue weighted by molar-refractivity contribution is 5.74. The van der Waals surface area contributed by atoms with Crippen LogP contribution in [0.25, 0.3) is 0 Å². The first-order valence-electron chi connectivity index (χ1n) is 3.69. The number of nitrogens with two attached hydrogens (primary N) is 1. The fourth-order valence-corrected chi connectivity index (χ4v) is 0.833. The maximum atomic E-state index is 10.4. The van der Waals surface area contributed by atoms with Gasteiger partial charge in [0.1, 0.15) is 0 Å². The molecule has 0 aromatic carbocycles. The van der Waals surface area contributed by atoms with Gasteiger partial charge in [-0.25, -0.2) is 4.98 Å². The zero-order valence-corrected chi connectivity index (χ0v) is 6.95. The summed E-state index contributed by atoms with van der Waals surface area (Å²) in [6, 6.07) is 0. The minimum atomic E-state index is -0.309. The molecule has 1 rings (SSSR count). The highest BCUT2D eigenvalue weighted by Crippen LogP contribution is 1.99. The molecule has 5 nitrogen and oxygen atoms in total. The number of carbonyl (C=O) groups excluding carboxylic acids is 1. The molecule has 0 aliphatic heterocycles. The first-order valence-corrected chi connectivity index (χ1v) is 3.69. The average molecular weight is 168 g/mol. The Balaban J connectivity index is 2.33. The summed E-state index contributed by atoms with van der Waals surface area (Å²) in [4.78, 5) is 14.4. The summed E-state index contributed by atoms with van der Waals surface area (Å²) in [6.45, 7) is 0.528. The van der Waals surface area contributed by atoms with Crippen LogP contribution in [0.2, 0.25) is 0 Å². The third-order valence-corrected chi connectivity index (χ3v) is 1.48. The van der Waals surface area contributed by atoms with Crippen molar-refractivity contribution in [3.8, 4) is 0 Å². The molecule has 12 heavy (non-hydrogen) atoms. The van der Waals surface area contributed by atoms with E-state index < -0.39 is 0 Å². The molecule has 1 amide bonds. The Morgan fingerprint density at radius 3 is 3.08 bits per heavy atom. The quantitative estimate of drug-likeness (QED) is 0.648. The van der Waals surface area contributed by atoms with Crippen LogP contribution in [0.15, 0.2) is 12.4 Å². The third kappa shape index (κ3) is 2.26. The van der Waals surface area contributed by atoms with E-state index >= 15 is 0 Å². The molecule has 0 bridgehead atoms. The number of hydrogen-bond donors (Lipinski definition) is 2. The predicted octanol–water partition coefficient (Wildman–Crippen LogP) is -0.293. The van der Waals surface area contributed by atoms with E-state index in [2.05, 4.69) is 10.3 Å². The zero-order valence-electron chi connectivity index (χ0n) is 6.95. The number of anilines is 1. The molecular formula is C7H12N4O. The van der Waals surface area contributed by atoms with Crippen molar-refractivity contribution in [1.82, 2.24) is 9.55 Å². The van der Waals surface area contributed by atoms with Gasteiger partial charge in [-0.05, 0) is 0 Å². The molecule has 0 spiro atoms. The van der Waals surface area contributed by atoms with E-state index in [9.17, 15) is 4.79 Å². The van der Waals surface area contributed by atoms with E-state index in [0.29, 0.717) is 13.0 Å². The van der Waals surface area contributed by atoms with Crippen molar-refractivity contribution < 1.29 is 4.79 Å². The number of imidazole rings is 1. The molecule has 66 valence electrons. The first-order chi connectivity index (χ1) is 5.70. The van der Waals surface area contributed by atoms with Crippen molar-refractivity contribution in [2.75, 3.05) is 11.9 Å². The Kier molecular flexibility index (Phi) is 2.68. The van der Waals surface area contributed by atoms with Crippen LogP contribution in [0, 0.1) is 0 Å². The van der Waals surface area contributed by atoms with E-state index in [1.165, 1.54) is 0 Å². The molecule has 1 aromatic rings. The normalized spacial score (nSPS) is 9.75. The molecule has 0 fully saturated rings. The fourth-order valence-electron chi connectivity index (χ4n) is 0.833. The van der Waals surface area contributed by atoms with Crippen molar-refractivity contribution in [1.29, 1.82) is 0 Å². The van der Waals surface area contributed by atoms with E-state index in [1.54, 1.807) is 6.20 Å². The molecule has 0 saturated heterocycles. The van der Waals surface area contributed by atoms with Crippen LogP contribution < -0.4 is 11.1 Å². The van der Waals surface area contributed by atoms with E-state index in [1.807, 2.05) is 17.8 Å². The van der Waals surface area contributed by atoms with Crippen LogP contribution in [0.5, 0.6) is 0 Å². The number of carbonyl (C=O) groups is 1. The lowest BCUT2D eigenvalue weighted by Crippen LogP contribution is -2.16. The summed E-state index contributed by atoms with van der Waals surface area (Å²) in [5, 5.41) is 2.98. The molecule has 5 heteroatoms. The molecular weight excluding hydrogens is 156 g/mol. The van der Waals surface area contributed by atoms with E-state index in [-0.39, 0.29) is 5.91 Å². The number of nitrogens with zero attached hydrogens (tertiary/aromatic N) is 2. The molecule has 0 radical (unpaired) electrons. The summed E-state index contributed by atoms with van der Waals surface area (Å²) in [5.41, 5.74) is 4.96. The standard InChI is InChI=1S/C7H12N4O/c1-11-5-4-10-7(11)9-3-2-6(8)12/h4-5H,2-3H2,1H3,(H2,8,12)(H,9,10). The summed E-state index contributed by atoms with van der Waals surface area (Å²) >= 11 is 0. The Labute approximate surface area is 70.6 Å². The Morgan fingerprint density at radius 1 is 1.83 bits per heavy atom. The summed E-state index contributed by atoms with van der Waals surface area (Å²) < 4.78 is 1.83. The SMILES string of the molecule is Cn1ccnc1NCCC(N)=O. The number of aryl methyl sites for hydroxylation is 1. The van der Waals surface area contributed by atoms with Crippen molar-refractivity contribution in [2.24, 2.45) is 12.8 Å². The first kappa shape index (κ1) is 8.58. The average Bonchev–Trinajstić information content (AvgIpc) is 2.36. The highest BCUT2D eigenvalue weighted by Gasteiger charge is 1.97. The second-order valence-electron chi connectivity index (χ2n) is 2.50. The van der Waals surface area contributed by atoms with Crippen LogP contribution in [0.3, 0.4) is 0 Å². The number of rotatable bonds is 4. The number of nitrogens with one attached hydrogen (secondary N) is 1. The minimum absolute atomic E-state index is 0.309. The van der Waals surface area contributed by atoms with Crippen molar-refractivity contribution in [2.45, 2.75) is 6.42 Å². The van der Waals surface area contributed by atoms with Gasteiger partial charge in [-0.3, -0.25) is 4.79 Å². The smallest absolute Gasteiger partial charge is 0.219 e. The minimum Gasteiger partial charge on any atom is -0.370 e. The van der Waals surface area contributed by atoms with Gasteiger partial charge in [0.25, 0.3) is 0 Å². The van der Waals surface area contributed by atoms with Gasteiger partial charge in [0.15, 0.2) is 0 Å². The largest absolute Gasteiger partial charge is 0.370 e. The molecule has 0 saturated carbocycles. The number of amides is 1. The van der Waals surface area contributed by atoms with Gasteiger partial charge in [-0.15, -0.1) is 0 Å². The molecule has 1 aromatic heterocycles. The zero-order chi connectivity index (χ0) is 8.97. The van der Waals surface area contributed by atoms with E-state index in [4.69, 9.17) is 5.73 Å². The lowest BCUT2D eigenvalue weighted by molar-refractivity contribution is -0.117. The number of primary amides is 1. The summed E-state index contributed by atoms with van der Waals surface area (Å²) in [5.74, 6) is 0.438. The lowest BCUT2D eigenvalue weighted by atomic mass is 10.4. The van der Waals surface area contributed by atoms with E-state index in [0.717, 1.165) is 5.95 Å². The van der Waals surface area contributed by atoms with Crippen LogP contribution in [0.4, 0.5) is 5.95 Å². The fraction of sp³-hybridized carbons (Fsp3) is 0.429. The summed E-state index contributed by atoms with van der Waals surface area (Å²) in [7, 11) is 1.87. The van der Waals surface area contributed by atoms with Crippen LogP contribution in [-0.2, 0) is 11.8 Å². The Hall–Kier alpha value is -1.52. The second-order valence-corrected chi connectivity index (χ2v) is 2.50. The van der Waals surface area contributed by atoms with Gasteiger partial charge in [0.05, 0.1) is 0 Å². The van der Waals surface area contributed by atoms with Crippen LogP contribution in [0.1, 0.15) is 6.42 Å².